The Bertz CT molecular complexity index is 992. The summed E-state index contributed by atoms with van der Waals surface area (Å²) in [6.45, 7) is 2.00. The molecule has 3 rings (SSSR count). The largest absolute Gasteiger partial charge is 0.465 e. The fourth-order valence-corrected chi connectivity index (χ4v) is 4.52. The number of esters is 1. The second-order valence-corrected chi connectivity index (χ2v) is 8.29. The fourth-order valence-electron chi connectivity index (χ4n) is 2.58. The quantitative estimate of drug-likeness (QED) is 0.456. The van der Waals surface area contributed by atoms with E-state index in [0.29, 0.717) is 10.6 Å². The standard InChI is InChI=1S/C20H18N2O3S3/c1-12-5-7-13(8-6-12)15-11-28-18(17(15)19(24)25-2)22-20(26)21-16(23)10-14-4-3-9-27-14/h3-9,11H,10H2,1-2H3,(H2,21,22,23,26). The number of methoxy groups -OCH3 is 1. The molecule has 3 aromatic rings. The number of rotatable bonds is 5. The van der Waals surface area contributed by atoms with Crippen molar-refractivity contribution in [3.8, 4) is 11.1 Å². The maximum absolute atomic E-state index is 12.4. The predicted molar refractivity (Wildman–Crippen MR) is 118 cm³/mol. The van der Waals surface area contributed by atoms with E-state index in [4.69, 9.17) is 17.0 Å². The molecule has 28 heavy (non-hydrogen) atoms. The zero-order valence-corrected chi connectivity index (χ0v) is 17.7. The molecule has 0 unspecified atom stereocenters. The summed E-state index contributed by atoms with van der Waals surface area (Å²) in [5.41, 5.74) is 3.19. The maximum Gasteiger partial charge on any atom is 0.341 e. The summed E-state index contributed by atoms with van der Waals surface area (Å²) in [4.78, 5) is 25.5. The van der Waals surface area contributed by atoms with Gasteiger partial charge in [-0.3, -0.25) is 4.79 Å². The molecule has 0 fully saturated rings. The molecule has 144 valence electrons. The second kappa shape index (κ2) is 9.09. The van der Waals surface area contributed by atoms with Crippen molar-refractivity contribution in [1.29, 1.82) is 0 Å². The first-order valence-corrected chi connectivity index (χ1v) is 10.5. The highest BCUT2D eigenvalue weighted by Crippen LogP contribution is 2.36. The van der Waals surface area contributed by atoms with Crippen molar-refractivity contribution in [3.05, 3.63) is 63.2 Å². The normalized spacial score (nSPS) is 10.4. The molecule has 0 spiro atoms. The minimum Gasteiger partial charge on any atom is -0.465 e. The van der Waals surface area contributed by atoms with Crippen molar-refractivity contribution in [2.24, 2.45) is 0 Å². The third-order valence-electron chi connectivity index (χ3n) is 3.94. The van der Waals surface area contributed by atoms with Gasteiger partial charge in [0.25, 0.3) is 0 Å². The van der Waals surface area contributed by atoms with Crippen LogP contribution in [0.5, 0.6) is 0 Å². The Morgan fingerprint density at radius 3 is 2.54 bits per heavy atom. The average Bonchev–Trinajstić information content (AvgIpc) is 3.31. The van der Waals surface area contributed by atoms with Crippen LogP contribution in [-0.4, -0.2) is 24.1 Å². The first-order chi connectivity index (χ1) is 13.5. The number of ether oxygens (including phenoxy) is 1. The van der Waals surface area contributed by atoms with Gasteiger partial charge in [-0.1, -0.05) is 35.9 Å². The molecule has 1 amide bonds. The monoisotopic (exact) mass is 430 g/mol. The number of amides is 1. The highest BCUT2D eigenvalue weighted by Gasteiger charge is 2.22. The minimum absolute atomic E-state index is 0.143. The van der Waals surface area contributed by atoms with Gasteiger partial charge in [-0.2, -0.15) is 0 Å². The summed E-state index contributed by atoms with van der Waals surface area (Å²) in [5.74, 6) is -0.679. The number of thiophene rings is 2. The maximum atomic E-state index is 12.4. The van der Waals surface area contributed by atoms with Crippen LogP contribution in [0.2, 0.25) is 0 Å². The second-order valence-electron chi connectivity index (χ2n) is 5.97. The molecular weight excluding hydrogens is 412 g/mol. The molecule has 0 bridgehead atoms. The van der Waals surface area contributed by atoms with Crippen LogP contribution >= 0.6 is 34.9 Å². The number of carbonyl (C=O) groups is 2. The zero-order chi connectivity index (χ0) is 20.1. The molecule has 2 N–H and O–H groups in total. The van der Waals surface area contributed by atoms with Gasteiger partial charge in [0.1, 0.15) is 10.6 Å². The lowest BCUT2D eigenvalue weighted by molar-refractivity contribution is -0.118. The van der Waals surface area contributed by atoms with Crippen LogP contribution in [0.25, 0.3) is 11.1 Å². The lowest BCUT2D eigenvalue weighted by atomic mass is 10.0. The Morgan fingerprint density at radius 2 is 1.89 bits per heavy atom. The summed E-state index contributed by atoms with van der Waals surface area (Å²) in [6.07, 6.45) is 0.252. The van der Waals surface area contributed by atoms with Crippen molar-refractivity contribution in [2.75, 3.05) is 12.4 Å². The molecule has 0 aliphatic heterocycles. The van der Waals surface area contributed by atoms with Crippen molar-refractivity contribution in [3.63, 3.8) is 0 Å². The molecule has 5 nitrogen and oxygen atoms in total. The summed E-state index contributed by atoms with van der Waals surface area (Å²) < 4.78 is 4.95. The fraction of sp³-hybridized carbons (Fsp3) is 0.150. The third kappa shape index (κ3) is 4.83. The Balaban J connectivity index is 1.77. The topological polar surface area (TPSA) is 67.4 Å². The van der Waals surface area contributed by atoms with Gasteiger partial charge in [0, 0.05) is 15.8 Å². The number of anilines is 1. The van der Waals surface area contributed by atoms with Crippen molar-refractivity contribution in [1.82, 2.24) is 5.32 Å². The Hall–Kier alpha value is -2.55. The summed E-state index contributed by atoms with van der Waals surface area (Å²) in [5, 5.41) is 10.1. The Kier molecular flexibility index (Phi) is 6.56. The van der Waals surface area contributed by atoms with E-state index >= 15 is 0 Å². The number of nitrogens with one attached hydrogen (secondary N) is 2. The van der Waals surface area contributed by atoms with Crippen LogP contribution in [-0.2, 0) is 16.0 Å². The molecule has 0 atom stereocenters. The predicted octanol–water partition coefficient (Wildman–Crippen LogP) is 4.63. The number of benzene rings is 1. The first kappa shape index (κ1) is 20.2. The summed E-state index contributed by atoms with van der Waals surface area (Å²) in [7, 11) is 1.34. The van der Waals surface area contributed by atoms with Crippen molar-refractivity contribution >= 4 is 56.9 Å². The molecule has 2 heterocycles. The van der Waals surface area contributed by atoms with Gasteiger partial charge in [-0.25, -0.2) is 4.79 Å². The molecule has 2 aromatic heterocycles. The summed E-state index contributed by atoms with van der Waals surface area (Å²) in [6, 6.07) is 11.7. The van der Waals surface area contributed by atoms with Gasteiger partial charge >= 0.3 is 5.97 Å². The SMILES string of the molecule is COC(=O)c1c(-c2ccc(C)cc2)csc1NC(=S)NC(=O)Cc1cccs1. The van der Waals surface area contributed by atoms with Crippen LogP contribution in [0.4, 0.5) is 5.00 Å². The van der Waals surface area contributed by atoms with Gasteiger partial charge in [-0.05, 0) is 36.2 Å². The van der Waals surface area contributed by atoms with Crippen molar-refractivity contribution < 1.29 is 14.3 Å². The third-order valence-corrected chi connectivity index (χ3v) is 5.91. The van der Waals surface area contributed by atoms with Gasteiger partial charge in [0.05, 0.1) is 13.5 Å². The lowest BCUT2D eigenvalue weighted by Gasteiger charge is -2.10. The van der Waals surface area contributed by atoms with E-state index in [1.807, 2.05) is 54.1 Å². The zero-order valence-electron chi connectivity index (χ0n) is 15.3. The lowest BCUT2D eigenvalue weighted by Crippen LogP contribution is -2.35. The van der Waals surface area contributed by atoms with Crippen molar-refractivity contribution in [2.45, 2.75) is 13.3 Å². The smallest absolute Gasteiger partial charge is 0.341 e. The van der Waals surface area contributed by atoms with Crippen LogP contribution in [0.15, 0.2) is 47.2 Å². The highest BCUT2D eigenvalue weighted by molar-refractivity contribution is 7.80. The molecule has 0 aliphatic rings. The molecular formula is C20H18N2O3S3. The van der Waals surface area contributed by atoms with Gasteiger partial charge in [0.2, 0.25) is 5.91 Å². The number of hydrogen-bond acceptors (Lipinski definition) is 6. The molecule has 1 aromatic carbocycles. The van der Waals surface area contributed by atoms with E-state index in [2.05, 4.69) is 10.6 Å². The van der Waals surface area contributed by atoms with E-state index in [0.717, 1.165) is 21.6 Å². The van der Waals surface area contributed by atoms with E-state index in [-0.39, 0.29) is 17.4 Å². The molecule has 0 saturated heterocycles. The molecule has 0 saturated carbocycles. The number of aryl methyl sites for hydroxylation is 1. The number of hydrogen-bond donors (Lipinski definition) is 2. The Labute approximate surface area is 176 Å². The number of thiocarbonyl (C=S) groups is 1. The van der Waals surface area contributed by atoms with E-state index in [1.165, 1.54) is 29.8 Å². The minimum atomic E-state index is -0.466. The van der Waals surface area contributed by atoms with Gasteiger partial charge in [0.15, 0.2) is 5.11 Å². The Morgan fingerprint density at radius 1 is 1.14 bits per heavy atom. The van der Waals surface area contributed by atoms with Gasteiger partial charge in [-0.15, -0.1) is 22.7 Å². The van der Waals surface area contributed by atoms with Crippen LogP contribution in [0, 0.1) is 6.92 Å². The number of carbonyl (C=O) groups excluding carboxylic acids is 2. The first-order valence-electron chi connectivity index (χ1n) is 8.38. The van der Waals surface area contributed by atoms with E-state index in [9.17, 15) is 9.59 Å². The van der Waals surface area contributed by atoms with Crippen LogP contribution < -0.4 is 10.6 Å². The molecule has 8 heteroatoms. The van der Waals surface area contributed by atoms with E-state index < -0.39 is 5.97 Å². The summed E-state index contributed by atoms with van der Waals surface area (Å²) >= 11 is 8.09. The molecule has 0 aliphatic carbocycles. The average molecular weight is 431 g/mol. The molecule has 0 radical (unpaired) electrons. The van der Waals surface area contributed by atoms with Crippen LogP contribution in [0.3, 0.4) is 0 Å². The van der Waals surface area contributed by atoms with Gasteiger partial charge < -0.3 is 15.4 Å². The highest BCUT2D eigenvalue weighted by atomic mass is 32.1. The van der Waals surface area contributed by atoms with E-state index in [1.54, 1.807) is 0 Å². The van der Waals surface area contributed by atoms with Crippen LogP contribution in [0.1, 0.15) is 20.8 Å².